The number of rotatable bonds is 2. The minimum absolute atomic E-state index is 0.115. The Kier molecular flexibility index (Phi) is 3.23. The normalized spacial score (nSPS) is 29.7. The zero-order valence-electron chi connectivity index (χ0n) is 12.5. The van der Waals surface area contributed by atoms with Gasteiger partial charge in [-0.1, -0.05) is 6.07 Å². The molecule has 0 saturated carbocycles. The molecular formula is C17H17FN2O3. The molecular weight excluding hydrogens is 299 g/mol. The van der Waals surface area contributed by atoms with E-state index in [-0.39, 0.29) is 23.6 Å². The summed E-state index contributed by atoms with van der Waals surface area (Å²) in [5.74, 6) is -0.490. The fourth-order valence-corrected chi connectivity index (χ4v) is 4.04. The van der Waals surface area contributed by atoms with Gasteiger partial charge >= 0.3 is 0 Å². The van der Waals surface area contributed by atoms with Crippen LogP contribution in [0.25, 0.3) is 0 Å². The lowest BCUT2D eigenvalue weighted by molar-refractivity contribution is -0.0510. The van der Waals surface area contributed by atoms with Gasteiger partial charge in [-0.15, -0.1) is 0 Å². The molecule has 0 radical (unpaired) electrons. The van der Waals surface area contributed by atoms with Crippen molar-refractivity contribution in [3.05, 3.63) is 54.0 Å². The Labute approximate surface area is 132 Å². The average Bonchev–Trinajstić information content (AvgIpc) is 3.15. The molecule has 2 saturated heterocycles. The maximum Gasteiger partial charge on any atom is 0.290 e. The van der Waals surface area contributed by atoms with E-state index in [9.17, 15) is 14.3 Å². The first kappa shape index (κ1) is 14.4. The van der Waals surface area contributed by atoms with Gasteiger partial charge in [0, 0.05) is 36.7 Å². The maximum absolute atomic E-state index is 14.0. The summed E-state index contributed by atoms with van der Waals surface area (Å²) in [6.45, 7) is 0. The maximum atomic E-state index is 14.0. The van der Waals surface area contributed by atoms with Crippen LogP contribution in [-0.2, 0) is 5.60 Å². The summed E-state index contributed by atoms with van der Waals surface area (Å²) in [4.78, 5) is 18.0. The molecule has 0 aliphatic carbocycles. The number of halogens is 1. The number of nitrogens with zero attached hydrogens (tertiary/aromatic N) is 2. The van der Waals surface area contributed by atoms with Crippen molar-refractivity contribution in [1.82, 2.24) is 9.88 Å². The molecule has 2 aliphatic rings. The Morgan fingerprint density at radius 3 is 2.65 bits per heavy atom. The molecule has 23 heavy (non-hydrogen) atoms. The second-order valence-electron chi connectivity index (χ2n) is 6.36. The van der Waals surface area contributed by atoms with E-state index in [1.54, 1.807) is 29.2 Å². The lowest BCUT2D eigenvalue weighted by atomic mass is 9.81. The first-order valence-corrected chi connectivity index (χ1v) is 7.78. The van der Waals surface area contributed by atoms with Crippen LogP contribution in [-0.4, -0.2) is 33.0 Å². The second-order valence-corrected chi connectivity index (χ2v) is 6.36. The van der Waals surface area contributed by atoms with Crippen molar-refractivity contribution in [2.45, 2.75) is 43.4 Å². The molecule has 1 amide bonds. The lowest BCUT2D eigenvalue weighted by Gasteiger charge is -2.43. The smallest absolute Gasteiger partial charge is 0.290 e. The number of piperidine rings is 1. The van der Waals surface area contributed by atoms with E-state index in [1.807, 2.05) is 0 Å². The van der Waals surface area contributed by atoms with E-state index in [0.717, 1.165) is 12.8 Å². The van der Waals surface area contributed by atoms with Crippen molar-refractivity contribution >= 4 is 5.91 Å². The topological polar surface area (TPSA) is 66.6 Å². The van der Waals surface area contributed by atoms with Gasteiger partial charge in [0.25, 0.3) is 5.91 Å². The van der Waals surface area contributed by atoms with Crippen LogP contribution < -0.4 is 0 Å². The summed E-state index contributed by atoms with van der Waals surface area (Å²) in [5, 5.41) is 11.0. The van der Waals surface area contributed by atoms with Crippen molar-refractivity contribution in [1.29, 1.82) is 0 Å². The molecule has 0 unspecified atom stereocenters. The largest absolute Gasteiger partial charge is 0.459 e. The van der Waals surface area contributed by atoms with E-state index in [4.69, 9.17) is 4.42 Å². The molecule has 6 heteroatoms. The second kappa shape index (κ2) is 5.16. The van der Waals surface area contributed by atoms with E-state index >= 15 is 0 Å². The predicted octanol–water partition coefficient (Wildman–Crippen LogP) is 2.47. The van der Waals surface area contributed by atoms with Crippen molar-refractivity contribution in [2.24, 2.45) is 0 Å². The molecule has 0 aromatic carbocycles. The van der Waals surface area contributed by atoms with Crippen LogP contribution in [0.15, 0.2) is 41.1 Å². The highest BCUT2D eigenvalue weighted by Crippen LogP contribution is 2.46. The summed E-state index contributed by atoms with van der Waals surface area (Å²) in [6.07, 6.45) is 5.09. The summed E-state index contributed by atoms with van der Waals surface area (Å²) in [7, 11) is 0. The van der Waals surface area contributed by atoms with Crippen LogP contribution in [0.4, 0.5) is 4.39 Å². The van der Waals surface area contributed by atoms with E-state index in [0.29, 0.717) is 18.6 Å². The summed E-state index contributed by atoms with van der Waals surface area (Å²) >= 11 is 0. The number of hydrogen-bond donors (Lipinski definition) is 1. The van der Waals surface area contributed by atoms with Crippen molar-refractivity contribution in [2.75, 3.05) is 0 Å². The molecule has 4 heterocycles. The summed E-state index contributed by atoms with van der Waals surface area (Å²) < 4.78 is 19.2. The zero-order chi connectivity index (χ0) is 16.0. The molecule has 2 bridgehead atoms. The third-order valence-corrected chi connectivity index (χ3v) is 4.99. The third-order valence-electron chi connectivity index (χ3n) is 4.99. The van der Waals surface area contributed by atoms with E-state index < -0.39 is 11.5 Å². The third kappa shape index (κ3) is 2.25. The number of pyridine rings is 1. The molecule has 2 aliphatic heterocycles. The monoisotopic (exact) mass is 316 g/mol. The van der Waals surface area contributed by atoms with Gasteiger partial charge in [0.2, 0.25) is 5.95 Å². The number of fused-ring (bicyclic) bond motifs is 2. The number of aliphatic hydroxyl groups is 1. The number of furan rings is 1. The van der Waals surface area contributed by atoms with Crippen LogP contribution in [0.2, 0.25) is 0 Å². The predicted molar refractivity (Wildman–Crippen MR) is 79.0 cm³/mol. The Bertz CT molecular complexity index is 717. The van der Waals surface area contributed by atoms with Crippen LogP contribution in [0.5, 0.6) is 0 Å². The van der Waals surface area contributed by atoms with Crippen LogP contribution in [0.3, 0.4) is 0 Å². The first-order chi connectivity index (χ1) is 11.1. The zero-order valence-corrected chi connectivity index (χ0v) is 12.5. The fraction of sp³-hybridized carbons (Fsp3) is 0.412. The standard InChI is InChI=1S/C17H17FN2O3/c18-15-13(3-1-7-19-15)17(22)9-11-5-6-12(10-17)20(11)16(21)14-4-2-8-23-14/h1-4,7-8,11-12,22H,5-6,9-10H2/t11-,12-/m1/s1. The SMILES string of the molecule is O=C(c1ccco1)N1[C@@H]2CC[C@@H]1CC(O)(c1cccnc1F)C2. The minimum Gasteiger partial charge on any atom is -0.459 e. The number of hydrogen-bond acceptors (Lipinski definition) is 4. The van der Waals surface area contributed by atoms with Gasteiger partial charge in [-0.2, -0.15) is 4.39 Å². The Morgan fingerprint density at radius 2 is 2.04 bits per heavy atom. The minimum atomic E-state index is -1.27. The highest BCUT2D eigenvalue weighted by Gasteiger charge is 2.51. The van der Waals surface area contributed by atoms with E-state index in [1.165, 1.54) is 12.5 Å². The van der Waals surface area contributed by atoms with Gasteiger partial charge < -0.3 is 14.4 Å². The first-order valence-electron chi connectivity index (χ1n) is 7.78. The Balaban J connectivity index is 1.63. The molecule has 5 nitrogen and oxygen atoms in total. The number of carbonyl (C=O) groups is 1. The van der Waals surface area contributed by atoms with Crippen LogP contribution in [0.1, 0.15) is 41.8 Å². The van der Waals surface area contributed by atoms with Gasteiger partial charge in [-0.25, -0.2) is 4.98 Å². The summed E-state index contributed by atoms with van der Waals surface area (Å²) in [5.41, 5.74) is -1.05. The molecule has 1 N–H and O–H groups in total. The number of amides is 1. The van der Waals surface area contributed by atoms with Crippen molar-refractivity contribution in [3.8, 4) is 0 Å². The number of carbonyl (C=O) groups excluding carboxylic acids is 1. The molecule has 2 aromatic heterocycles. The molecule has 2 atom stereocenters. The van der Waals surface area contributed by atoms with Gasteiger partial charge in [0.1, 0.15) is 0 Å². The summed E-state index contributed by atoms with van der Waals surface area (Å²) in [6, 6.07) is 6.29. The van der Waals surface area contributed by atoms with Gasteiger partial charge in [-0.05, 0) is 31.0 Å². The quantitative estimate of drug-likeness (QED) is 0.864. The number of aromatic nitrogens is 1. The molecule has 2 aromatic rings. The highest BCUT2D eigenvalue weighted by molar-refractivity contribution is 5.92. The molecule has 0 spiro atoms. The molecule has 120 valence electrons. The van der Waals surface area contributed by atoms with E-state index in [2.05, 4.69) is 4.98 Å². The van der Waals surface area contributed by atoms with Gasteiger partial charge in [-0.3, -0.25) is 4.79 Å². The molecule has 4 rings (SSSR count). The van der Waals surface area contributed by atoms with Gasteiger partial charge in [0.05, 0.1) is 11.9 Å². The van der Waals surface area contributed by atoms with Crippen molar-refractivity contribution in [3.63, 3.8) is 0 Å². The lowest BCUT2D eigenvalue weighted by Crippen LogP contribution is -2.52. The van der Waals surface area contributed by atoms with Crippen LogP contribution in [0, 0.1) is 5.95 Å². The Hall–Kier alpha value is -2.21. The van der Waals surface area contributed by atoms with Crippen molar-refractivity contribution < 1.29 is 18.7 Å². The Morgan fingerprint density at radius 1 is 1.30 bits per heavy atom. The fourth-order valence-electron chi connectivity index (χ4n) is 4.04. The average molecular weight is 316 g/mol. The highest BCUT2D eigenvalue weighted by atomic mass is 19.1. The van der Waals surface area contributed by atoms with Crippen LogP contribution >= 0.6 is 0 Å². The van der Waals surface area contributed by atoms with Gasteiger partial charge in [0.15, 0.2) is 5.76 Å². The molecule has 2 fully saturated rings.